The number of aliphatic hydroxyl groups is 1. The van der Waals surface area contributed by atoms with Gasteiger partial charge < -0.3 is 10.4 Å². The Kier molecular flexibility index (Phi) is 4.78. The minimum Gasteiger partial charge on any atom is -0.390 e. The molecule has 0 spiro atoms. The molecule has 1 fully saturated rings. The molecule has 0 amide bonds. The van der Waals surface area contributed by atoms with E-state index >= 15 is 0 Å². The number of nitrogens with one attached hydrogen (secondary N) is 1. The summed E-state index contributed by atoms with van der Waals surface area (Å²) in [4.78, 5) is 15.7. The summed E-state index contributed by atoms with van der Waals surface area (Å²) in [7, 11) is 0. The predicted octanol–water partition coefficient (Wildman–Crippen LogP) is 2.02. The number of β-amino-alcohol motifs (C(OH)–C–C–N with tert-alkyl or cyclic N) is 1. The highest BCUT2D eigenvalue weighted by molar-refractivity contribution is 5.62. The maximum Gasteiger partial charge on any atom is 0.223 e. The van der Waals surface area contributed by atoms with Crippen molar-refractivity contribution in [1.82, 2.24) is 19.9 Å². The molecule has 2 atom stereocenters. The molecule has 24 heavy (non-hydrogen) atoms. The molecule has 3 rings (SSSR count). The summed E-state index contributed by atoms with van der Waals surface area (Å²) >= 11 is 0. The van der Waals surface area contributed by atoms with E-state index < -0.39 is 6.10 Å². The number of pyridine rings is 1. The van der Waals surface area contributed by atoms with Crippen molar-refractivity contribution in [3.8, 4) is 11.3 Å². The SMILES string of the molecule is Cc1ccc(-c2ccnc(N[C@H]3CN(C(C)C)C[C@@H]3O)n2)c(C)n1. The van der Waals surface area contributed by atoms with Crippen LogP contribution in [-0.4, -0.2) is 56.2 Å². The van der Waals surface area contributed by atoms with Crippen molar-refractivity contribution in [2.75, 3.05) is 18.4 Å². The number of aliphatic hydroxyl groups excluding tert-OH is 1. The molecule has 2 N–H and O–H groups in total. The van der Waals surface area contributed by atoms with Crippen LogP contribution in [0.1, 0.15) is 25.2 Å². The second-order valence-electron chi connectivity index (χ2n) is 6.72. The molecule has 1 aliphatic rings. The normalized spacial score (nSPS) is 21.4. The van der Waals surface area contributed by atoms with Crippen LogP contribution in [0.4, 0.5) is 5.95 Å². The third-order valence-corrected chi connectivity index (χ3v) is 4.52. The molecule has 0 radical (unpaired) electrons. The van der Waals surface area contributed by atoms with E-state index in [0.29, 0.717) is 18.5 Å². The first kappa shape index (κ1) is 16.8. The molecule has 0 aromatic carbocycles. The molecular weight excluding hydrogens is 302 g/mol. The van der Waals surface area contributed by atoms with Gasteiger partial charge in [0, 0.05) is 42.3 Å². The molecule has 0 bridgehead atoms. The third-order valence-electron chi connectivity index (χ3n) is 4.52. The number of aromatic nitrogens is 3. The lowest BCUT2D eigenvalue weighted by atomic mass is 10.1. The Morgan fingerprint density at radius 3 is 2.62 bits per heavy atom. The molecular formula is C18H25N5O. The number of hydrogen-bond donors (Lipinski definition) is 2. The van der Waals surface area contributed by atoms with E-state index in [1.165, 1.54) is 0 Å². The Hall–Kier alpha value is -2.05. The highest BCUT2D eigenvalue weighted by atomic mass is 16.3. The molecule has 1 aliphatic heterocycles. The molecule has 128 valence electrons. The standard InChI is InChI=1S/C18H25N5O/c1-11(2)23-9-16(17(24)10-23)22-18-19-8-7-15(21-18)14-6-5-12(3)20-13(14)4/h5-8,11,16-17,24H,9-10H2,1-4H3,(H,19,21,22)/t16-,17-/m0/s1. The first-order valence-electron chi connectivity index (χ1n) is 8.40. The lowest BCUT2D eigenvalue weighted by molar-refractivity contribution is 0.161. The number of nitrogens with zero attached hydrogens (tertiary/aromatic N) is 4. The van der Waals surface area contributed by atoms with Gasteiger partial charge in [-0.2, -0.15) is 0 Å². The molecule has 0 unspecified atom stereocenters. The minimum absolute atomic E-state index is 0.0557. The topological polar surface area (TPSA) is 74.2 Å². The number of anilines is 1. The van der Waals surface area contributed by atoms with Gasteiger partial charge >= 0.3 is 0 Å². The highest BCUT2D eigenvalue weighted by Gasteiger charge is 2.32. The molecule has 1 saturated heterocycles. The molecule has 6 nitrogen and oxygen atoms in total. The van der Waals surface area contributed by atoms with E-state index in [4.69, 9.17) is 0 Å². The summed E-state index contributed by atoms with van der Waals surface area (Å²) in [6.45, 7) is 9.71. The molecule has 2 aromatic rings. The van der Waals surface area contributed by atoms with E-state index in [9.17, 15) is 5.11 Å². The lowest BCUT2D eigenvalue weighted by Gasteiger charge is -2.20. The van der Waals surface area contributed by atoms with Crippen molar-refractivity contribution in [3.63, 3.8) is 0 Å². The zero-order valence-electron chi connectivity index (χ0n) is 14.7. The number of likely N-dealkylation sites (tertiary alicyclic amines) is 1. The first-order valence-corrected chi connectivity index (χ1v) is 8.40. The van der Waals surface area contributed by atoms with Crippen molar-refractivity contribution >= 4 is 5.95 Å². The van der Waals surface area contributed by atoms with Gasteiger partial charge in [-0.05, 0) is 45.9 Å². The van der Waals surface area contributed by atoms with Crippen LogP contribution >= 0.6 is 0 Å². The zero-order chi connectivity index (χ0) is 17.3. The summed E-state index contributed by atoms with van der Waals surface area (Å²) in [5, 5.41) is 13.5. The van der Waals surface area contributed by atoms with Crippen LogP contribution in [0.25, 0.3) is 11.3 Å². The Bertz CT molecular complexity index is 718. The highest BCUT2D eigenvalue weighted by Crippen LogP contribution is 2.22. The van der Waals surface area contributed by atoms with Gasteiger partial charge in [-0.1, -0.05) is 0 Å². The fourth-order valence-corrected chi connectivity index (χ4v) is 3.08. The third kappa shape index (κ3) is 3.55. The van der Waals surface area contributed by atoms with E-state index in [-0.39, 0.29) is 6.04 Å². The Labute approximate surface area is 143 Å². The summed E-state index contributed by atoms with van der Waals surface area (Å²) < 4.78 is 0. The van der Waals surface area contributed by atoms with Gasteiger partial charge in [0.2, 0.25) is 5.95 Å². The minimum atomic E-state index is -0.414. The monoisotopic (exact) mass is 327 g/mol. The largest absolute Gasteiger partial charge is 0.390 e. The quantitative estimate of drug-likeness (QED) is 0.895. The van der Waals surface area contributed by atoms with Crippen LogP contribution in [0, 0.1) is 13.8 Å². The van der Waals surface area contributed by atoms with Gasteiger partial charge in [-0.25, -0.2) is 9.97 Å². The fraction of sp³-hybridized carbons (Fsp3) is 0.500. The second-order valence-corrected chi connectivity index (χ2v) is 6.72. The van der Waals surface area contributed by atoms with Gasteiger partial charge in [0.15, 0.2) is 0 Å². The number of aryl methyl sites for hydroxylation is 2. The zero-order valence-corrected chi connectivity index (χ0v) is 14.7. The van der Waals surface area contributed by atoms with Crippen LogP contribution in [0.15, 0.2) is 24.4 Å². The van der Waals surface area contributed by atoms with Gasteiger partial charge in [-0.3, -0.25) is 9.88 Å². The Morgan fingerprint density at radius 2 is 1.96 bits per heavy atom. The summed E-state index contributed by atoms with van der Waals surface area (Å²) in [5.74, 6) is 0.544. The first-order chi connectivity index (χ1) is 11.4. The van der Waals surface area contributed by atoms with E-state index in [1.54, 1.807) is 6.20 Å². The van der Waals surface area contributed by atoms with Crippen LogP contribution in [0.2, 0.25) is 0 Å². The van der Waals surface area contributed by atoms with Crippen LogP contribution in [0.3, 0.4) is 0 Å². The van der Waals surface area contributed by atoms with E-state index in [2.05, 4.69) is 39.0 Å². The Balaban J connectivity index is 1.79. The van der Waals surface area contributed by atoms with E-state index in [0.717, 1.165) is 29.2 Å². The van der Waals surface area contributed by atoms with Crippen molar-refractivity contribution in [1.29, 1.82) is 0 Å². The predicted molar refractivity (Wildman–Crippen MR) is 94.9 cm³/mol. The lowest BCUT2D eigenvalue weighted by Crippen LogP contribution is -2.33. The maximum atomic E-state index is 10.3. The van der Waals surface area contributed by atoms with Crippen LogP contribution in [-0.2, 0) is 0 Å². The smallest absolute Gasteiger partial charge is 0.223 e. The molecule has 6 heteroatoms. The summed E-state index contributed by atoms with van der Waals surface area (Å²) in [5.41, 5.74) is 3.78. The van der Waals surface area contributed by atoms with Gasteiger partial charge in [0.25, 0.3) is 0 Å². The van der Waals surface area contributed by atoms with E-state index in [1.807, 2.05) is 32.0 Å². The fourth-order valence-electron chi connectivity index (χ4n) is 3.08. The van der Waals surface area contributed by atoms with Gasteiger partial charge in [-0.15, -0.1) is 0 Å². The summed E-state index contributed by atoms with van der Waals surface area (Å²) in [6, 6.07) is 6.27. The number of hydrogen-bond acceptors (Lipinski definition) is 6. The number of rotatable bonds is 4. The molecule has 0 saturated carbocycles. The van der Waals surface area contributed by atoms with Gasteiger partial charge in [0.05, 0.1) is 17.8 Å². The molecule has 0 aliphatic carbocycles. The van der Waals surface area contributed by atoms with Crippen LogP contribution < -0.4 is 5.32 Å². The molecule has 2 aromatic heterocycles. The Morgan fingerprint density at radius 1 is 1.17 bits per heavy atom. The maximum absolute atomic E-state index is 10.3. The average molecular weight is 327 g/mol. The van der Waals surface area contributed by atoms with Crippen molar-refractivity contribution in [3.05, 3.63) is 35.8 Å². The van der Waals surface area contributed by atoms with Crippen molar-refractivity contribution < 1.29 is 5.11 Å². The van der Waals surface area contributed by atoms with Crippen molar-refractivity contribution in [2.24, 2.45) is 0 Å². The average Bonchev–Trinajstić information content (AvgIpc) is 2.89. The summed E-state index contributed by atoms with van der Waals surface area (Å²) in [6.07, 6.45) is 1.33. The van der Waals surface area contributed by atoms with Crippen molar-refractivity contribution in [2.45, 2.75) is 45.9 Å². The second kappa shape index (κ2) is 6.83. The van der Waals surface area contributed by atoms with Gasteiger partial charge in [0.1, 0.15) is 0 Å². The molecule has 3 heterocycles. The van der Waals surface area contributed by atoms with Crippen LogP contribution in [0.5, 0.6) is 0 Å².